The fourth-order valence-electron chi connectivity index (χ4n) is 2.53. The molecular weight excluding hydrogens is 309 g/mol. The maximum Gasteiger partial charge on any atom is 0.252 e. The second-order valence-electron chi connectivity index (χ2n) is 5.14. The topological polar surface area (TPSA) is 54.0 Å². The fourth-order valence-corrected chi connectivity index (χ4v) is 2.53. The van der Waals surface area contributed by atoms with Gasteiger partial charge in [0.05, 0.1) is 5.56 Å². The SMILES string of the molecule is Cl.Cl.O=C(NCCNC1CCCCCC1)c1cccnc1. The molecule has 21 heavy (non-hydrogen) atoms. The first-order valence-corrected chi connectivity index (χ1v) is 7.28. The van der Waals surface area contributed by atoms with Crippen molar-refractivity contribution in [1.82, 2.24) is 15.6 Å². The van der Waals surface area contributed by atoms with Crippen molar-refractivity contribution < 1.29 is 4.79 Å². The molecule has 0 radical (unpaired) electrons. The van der Waals surface area contributed by atoms with Crippen molar-refractivity contribution in [2.45, 2.75) is 44.6 Å². The van der Waals surface area contributed by atoms with Gasteiger partial charge in [0.1, 0.15) is 0 Å². The van der Waals surface area contributed by atoms with Crippen LogP contribution in [0.3, 0.4) is 0 Å². The van der Waals surface area contributed by atoms with Crippen LogP contribution in [-0.2, 0) is 0 Å². The molecule has 1 amide bonds. The quantitative estimate of drug-likeness (QED) is 0.643. The van der Waals surface area contributed by atoms with Crippen LogP contribution in [0.2, 0.25) is 0 Å². The second kappa shape index (κ2) is 11.8. The molecule has 6 heteroatoms. The number of aromatic nitrogens is 1. The average Bonchev–Trinajstić information content (AvgIpc) is 2.73. The molecule has 2 rings (SSSR count). The minimum absolute atomic E-state index is 0. The molecule has 120 valence electrons. The van der Waals surface area contributed by atoms with E-state index in [-0.39, 0.29) is 30.7 Å². The van der Waals surface area contributed by atoms with Gasteiger partial charge in [0.25, 0.3) is 5.91 Å². The van der Waals surface area contributed by atoms with E-state index in [0.717, 1.165) is 6.54 Å². The second-order valence-corrected chi connectivity index (χ2v) is 5.14. The van der Waals surface area contributed by atoms with E-state index in [1.165, 1.54) is 38.5 Å². The van der Waals surface area contributed by atoms with Crippen LogP contribution in [0.15, 0.2) is 24.5 Å². The lowest BCUT2D eigenvalue weighted by Crippen LogP contribution is -2.36. The Morgan fingerprint density at radius 1 is 1.14 bits per heavy atom. The molecular formula is C15H25Cl2N3O. The fraction of sp³-hybridized carbons (Fsp3) is 0.600. The highest BCUT2D eigenvalue weighted by Crippen LogP contribution is 2.16. The number of nitrogens with one attached hydrogen (secondary N) is 2. The van der Waals surface area contributed by atoms with Gasteiger partial charge in [0.15, 0.2) is 0 Å². The molecule has 1 saturated carbocycles. The minimum Gasteiger partial charge on any atom is -0.351 e. The van der Waals surface area contributed by atoms with Crippen LogP contribution in [0.5, 0.6) is 0 Å². The van der Waals surface area contributed by atoms with Gasteiger partial charge in [-0.1, -0.05) is 25.7 Å². The van der Waals surface area contributed by atoms with Gasteiger partial charge in [-0.3, -0.25) is 9.78 Å². The van der Waals surface area contributed by atoms with Gasteiger partial charge in [-0.05, 0) is 25.0 Å². The Morgan fingerprint density at radius 3 is 2.48 bits per heavy atom. The van der Waals surface area contributed by atoms with E-state index in [1.54, 1.807) is 24.5 Å². The van der Waals surface area contributed by atoms with Crippen LogP contribution >= 0.6 is 24.8 Å². The number of amides is 1. The molecule has 1 fully saturated rings. The van der Waals surface area contributed by atoms with Crippen LogP contribution in [0, 0.1) is 0 Å². The Kier molecular flexibility index (Phi) is 11.3. The molecule has 2 N–H and O–H groups in total. The highest BCUT2D eigenvalue weighted by atomic mass is 35.5. The summed E-state index contributed by atoms with van der Waals surface area (Å²) in [4.78, 5) is 15.7. The number of hydrogen-bond donors (Lipinski definition) is 2. The zero-order chi connectivity index (χ0) is 13.3. The summed E-state index contributed by atoms with van der Waals surface area (Å²) in [5, 5.41) is 6.45. The molecule has 0 bridgehead atoms. The first-order valence-electron chi connectivity index (χ1n) is 7.28. The highest BCUT2D eigenvalue weighted by molar-refractivity contribution is 5.93. The van der Waals surface area contributed by atoms with Crippen LogP contribution in [0.25, 0.3) is 0 Å². The van der Waals surface area contributed by atoms with E-state index < -0.39 is 0 Å². The molecule has 1 aliphatic carbocycles. The molecule has 0 spiro atoms. The monoisotopic (exact) mass is 333 g/mol. The van der Waals surface area contributed by atoms with Gasteiger partial charge >= 0.3 is 0 Å². The standard InChI is InChI=1S/C15H23N3O.2ClH/c19-15(13-6-5-9-16-12-13)18-11-10-17-14-7-3-1-2-4-8-14;;/h5-6,9,12,14,17H,1-4,7-8,10-11H2,(H,18,19);2*1H. The van der Waals surface area contributed by atoms with Gasteiger partial charge in [-0.25, -0.2) is 0 Å². The number of halogens is 2. The first kappa shape index (κ1) is 20.2. The van der Waals surface area contributed by atoms with E-state index in [0.29, 0.717) is 18.2 Å². The lowest BCUT2D eigenvalue weighted by atomic mass is 10.1. The van der Waals surface area contributed by atoms with Gasteiger partial charge in [0, 0.05) is 31.5 Å². The van der Waals surface area contributed by atoms with Crippen molar-refractivity contribution in [3.63, 3.8) is 0 Å². The predicted octanol–water partition coefficient (Wildman–Crippen LogP) is 2.97. The summed E-state index contributed by atoms with van der Waals surface area (Å²) < 4.78 is 0. The van der Waals surface area contributed by atoms with Crippen molar-refractivity contribution in [3.8, 4) is 0 Å². The molecule has 0 saturated heterocycles. The van der Waals surface area contributed by atoms with Crippen LogP contribution in [-0.4, -0.2) is 30.0 Å². The first-order chi connectivity index (χ1) is 9.36. The number of hydrogen-bond acceptors (Lipinski definition) is 3. The van der Waals surface area contributed by atoms with Gasteiger partial charge in [0.2, 0.25) is 0 Å². The molecule has 4 nitrogen and oxygen atoms in total. The molecule has 0 unspecified atom stereocenters. The van der Waals surface area contributed by atoms with Crippen molar-refractivity contribution in [2.75, 3.05) is 13.1 Å². The molecule has 1 aliphatic rings. The van der Waals surface area contributed by atoms with Crippen molar-refractivity contribution in [2.24, 2.45) is 0 Å². The maximum atomic E-state index is 11.8. The summed E-state index contributed by atoms with van der Waals surface area (Å²) in [6.07, 6.45) is 11.2. The van der Waals surface area contributed by atoms with E-state index in [9.17, 15) is 4.79 Å². The van der Waals surface area contributed by atoms with Gasteiger partial charge < -0.3 is 10.6 Å². The Balaban J connectivity index is 0.00000200. The molecule has 1 aromatic rings. The number of nitrogens with zero attached hydrogens (tertiary/aromatic N) is 1. The number of pyridine rings is 1. The normalized spacial score (nSPS) is 15.2. The smallest absolute Gasteiger partial charge is 0.252 e. The maximum absolute atomic E-state index is 11.8. The zero-order valence-corrected chi connectivity index (χ0v) is 13.8. The van der Waals surface area contributed by atoms with E-state index >= 15 is 0 Å². The molecule has 0 atom stereocenters. The number of carbonyl (C=O) groups excluding carboxylic acids is 1. The lowest BCUT2D eigenvalue weighted by Gasteiger charge is -2.16. The van der Waals surface area contributed by atoms with Gasteiger partial charge in [-0.15, -0.1) is 24.8 Å². The van der Waals surface area contributed by atoms with Crippen molar-refractivity contribution in [3.05, 3.63) is 30.1 Å². The Hall–Kier alpha value is -0.840. The van der Waals surface area contributed by atoms with Crippen LogP contribution in [0.1, 0.15) is 48.9 Å². The third-order valence-electron chi connectivity index (χ3n) is 3.62. The van der Waals surface area contributed by atoms with E-state index in [1.807, 2.05) is 0 Å². The average molecular weight is 334 g/mol. The van der Waals surface area contributed by atoms with Gasteiger partial charge in [-0.2, -0.15) is 0 Å². The Morgan fingerprint density at radius 2 is 1.86 bits per heavy atom. The van der Waals surface area contributed by atoms with Crippen molar-refractivity contribution >= 4 is 30.7 Å². The molecule has 0 aromatic carbocycles. The van der Waals surface area contributed by atoms with Crippen LogP contribution in [0.4, 0.5) is 0 Å². The van der Waals surface area contributed by atoms with Crippen LogP contribution < -0.4 is 10.6 Å². The number of carbonyl (C=O) groups is 1. The molecule has 0 aliphatic heterocycles. The third kappa shape index (κ3) is 7.65. The summed E-state index contributed by atoms with van der Waals surface area (Å²) in [7, 11) is 0. The summed E-state index contributed by atoms with van der Waals surface area (Å²) >= 11 is 0. The highest BCUT2D eigenvalue weighted by Gasteiger charge is 2.11. The summed E-state index contributed by atoms with van der Waals surface area (Å²) in [5.41, 5.74) is 0.622. The zero-order valence-electron chi connectivity index (χ0n) is 12.2. The number of rotatable bonds is 5. The Bertz CT molecular complexity index is 382. The van der Waals surface area contributed by atoms with Crippen molar-refractivity contribution in [1.29, 1.82) is 0 Å². The van der Waals surface area contributed by atoms with E-state index in [2.05, 4.69) is 15.6 Å². The summed E-state index contributed by atoms with van der Waals surface area (Å²) in [6.45, 7) is 1.51. The molecule has 1 aromatic heterocycles. The molecule has 1 heterocycles. The largest absolute Gasteiger partial charge is 0.351 e. The van der Waals surface area contributed by atoms with E-state index in [4.69, 9.17) is 0 Å². The Labute approximate surface area is 139 Å². The minimum atomic E-state index is -0.0456. The predicted molar refractivity (Wildman–Crippen MR) is 90.6 cm³/mol. The summed E-state index contributed by atoms with van der Waals surface area (Å²) in [6, 6.07) is 4.19. The summed E-state index contributed by atoms with van der Waals surface area (Å²) in [5.74, 6) is -0.0456. The lowest BCUT2D eigenvalue weighted by molar-refractivity contribution is 0.0953. The third-order valence-corrected chi connectivity index (χ3v) is 3.62.